The monoisotopic (exact) mass is 318 g/mol. The normalized spacial score (nSPS) is 23.5. The fraction of sp³-hybridized carbons (Fsp3) is 0.895. The van der Waals surface area contributed by atoms with Crippen molar-refractivity contribution < 1.29 is 0 Å². The number of rotatable bonds is 5. The van der Waals surface area contributed by atoms with Gasteiger partial charge < -0.3 is 4.90 Å². The molecule has 0 bridgehead atoms. The fourth-order valence-corrected chi connectivity index (χ4v) is 4.48. The van der Waals surface area contributed by atoms with E-state index in [9.17, 15) is 0 Å². The largest absolute Gasteiger partial charge is 0.300 e. The van der Waals surface area contributed by atoms with Gasteiger partial charge >= 0.3 is 0 Å². The molecule has 1 aliphatic heterocycles. The molecule has 1 unspecified atom stereocenters. The molecule has 3 rings (SSSR count). The van der Waals surface area contributed by atoms with Crippen LogP contribution in [0.4, 0.5) is 0 Å². The van der Waals surface area contributed by atoms with Crippen molar-refractivity contribution in [3.63, 3.8) is 0 Å². The number of likely N-dealkylation sites (tertiary alicyclic amines) is 1. The minimum Gasteiger partial charge on any atom is -0.300 e. The maximum Gasteiger partial charge on any atom is 0.0858 e. The minimum atomic E-state index is 0.558. The maximum absolute atomic E-state index is 4.51. The molecule has 2 heterocycles. The van der Waals surface area contributed by atoms with E-state index < -0.39 is 0 Å². The van der Waals surface area contributed by atoms with Crippen LogP contribution in [0.1, 0.15) is 89.8 Å². The van der Waals surface area contributed by atoms with E-state index in [0.717, 1.165) is 5.92 Å². The van der Waals surface area contributed by atoms with E-state index in [-0.39, 0.29) is 0 Å². The van der Waals surface area contributed by atoms with Crippen LogP contribution in [-0.4, -0.2) is 39.0 Å². The molecule has 1 saturated carbocycles. The second-order valence-electron chi connectivity index (χ2n) is 8.20. The molecule has 4 nitrogen and oxygen atoms in total. The first-order valence-corrected chi connectivity index (χ1v) is 9.79. The van der Waals surface area contributed by atoms with Crippen LogP contribution in [0.3, 0.4) is 0 Å². The molecule has 1 aliphatic carbocycles. The zero-order valence-corrected chi connectivity index (χ0v) is 15.2. The van der Waals surface area contributed by atoms with Crippen molar-refractivity contribution >= 4 is 0 Å². The van der Waals surface area contributed by atoms with Crippen LogP contribution < -0.4 is 0 Å². The van der Waals surface area contributed by atoms with Gasteiger partial charge in [-0.05, 0) is 44.9 Å². The summed E-state index contributed by atoms with van der Waals surface area (Å²) in [7, 11) is 0. The van der Waals surface area contributed by atoms with Crippen LogP contribution in [0, 0.1) is 5.92 Å². The molecule has 130 valence electrons. The highest BCUT2D eigenvalue weighted by atomic mass is 15.4. The van der Waals surface area contributed by atoms with E-state index in [0.29, 0.717) is 18.0 Å². The second-order valence-corrected chi connectivity index (χ2v) is 8.20. The van der Waals surface area contributed by atoms with E-state index in [1.54, 1.807) is 0 Å². The Kier molecular flexibility index (Phi) is 5.73. The number of hydrogen-bond donors (Lipinski definition) is 0. The Hall–Kier alpha value is -0.900. The molecule has 1 aromatic rings. The molecule has 1 atom stereocenters. The van der Waals surface area contributed by atoms with Gasteiger partial charge in [0.05, 0.1) is 11.7 Å². The highest BCUT2D eigenvalue weighted by Crippen LogP contribution is 2.32. The highest BCUT2D eigenvalue weighted by molar-refractivity contribution is 5.03. The SMILES string of the molecule is CC(C)CC(C)N1CCC(n2cc(C3CCCCC3)nn2)CC1. The molecule has 0 radical (unpaired) electrons. The predicted molar refractivity (Wildman–Crippen MR) is 94.6 cm³/mol. The molecule has 4 heteroatoms. The lowest BCUT2D eigenvalue weighted by Gasteiger charge is -2.36. The van der Waals surface area contributed by atoms with Crippen molar-refractivity contribution in [3.8, 4) is 0 Å². The third-order valence-corrected chi connectivity index (χ3v) is 5.86. The van der Waals surface area contributed by atoms with Gasteiger partial charge in [0.2, 0.25) is 0 Å². The first-order chi connectivity index (χ1) is 11.1. The topological polar surface area (TPSA) is 34.0 Å². The van der Waals surface area contributed by atoms with Gasteiger partial charge in [0.25, 0.3) is 0 Å². The summed E-state index contributed by atoms with van der Waals surface area (Å²) in [5.74, 6) is 1.46. The number of piperidine rings is 1. The molecule has 0 aromatic carbocycles. The zero-order chi connectivity index (χ0) is 16.2. The average Bonchev–Trinajstić information content (AvgIpc) is 3.05. The summed E-state index contributed by atoms with van der Waals surface area (Å²) in [6.45, 7) is 9.45. The van der Waals surface area contributed by atoms with Gasteiger partial charge in [0.1, 0.15) is 0 Å². The van der Waals surface area contributed by atoms with Crippen LogP contribution in [-0.2, 0) is 0 Å². The maximum atomic E-state index is 4.51. The third-order valence-electron chi connectivity index (χ3n) is 5.86. The smallest absolute Gasteiger partial charge is 0.0858 e. The van der Waals surface area contributed by atoms with E-state index in [1.165, 1.54) is 70.2 Å². The summed E-state index contributed by atoms with van der Waals surface area (Å²) in [6, 6.07) is 1.27. The number of nitrogens with zero attached hydrogens (tertiary/aromatic N) is 4. The Morgan fingerprint density at radius 2 is 1.74 bits per heavy atom. The molecule has 0 amide bonds. The first-order valence-electron chi connectivity index (χ1n) is 9.79. The van der Waals surface area contributed by atoms with Crippen molar-refractivity contribution in [1.82, 2.24) is 19.9 Å². The van der Waals surface area contributed by atoms with Gasteiger partial charge in [-0.1, -0.05) is 38.3 Å². The predicted octanol–water partition coefficient (Wildman–Crippen LogP) is 4.40. The third kappa shape index (κ3) is 4.34. The molecule has 0 spiro atoms. The highest BCUT2D eigenvalue weighted by Gasteiger charge is 2.26. The van der Waals surface area contributed by atoms with Crippen molar-refractivity contribution in [1.29, 1.82) is 0 Å². The summed E-state index contributed by atoms with van der Waals surface area (Å²) in [4.78, 5) is 2.66. The van der Waals surface area contributed by atoms with Gasteiger partial charge in [-0.25, -0.2) is 4.68 Å². The Balaban J connectivity index is 1.52. The summed E-state index contributed by atoms with van der Waals surface area (Å²) in [5, 5.41) is 8.99. The standard InChI is InChI=1S/C19H34N4/c1-15(2)13-16(3)22-11-9-18(10-12-22)23-14-19(20-21-23)17-7-5-4-6-8-17/h14-18H,4-13H2,1-3H3. The lowest BCUT2D eigenvalue weighted by atomic mass is 9.87. The first kappa shape index (κ1) is 16.9. The van der Waals surface area contributed by atoms with Crippen molar-refractivity contribution in [3.05, 3.63) is 11.9 Å². The van der Waals surface area contributed by atoms with Gasteiger partial charge in [-0.3, -0.25) is 0 Å². The van der Waals surface area contributed by atoms with E-state index >= 15 is 0 Å². The molecular weight excluding hydrogens is 284 g/mol. The van der Waals surface area contributed by atoms with Crippen molar-refractivity contribution in [2.24, 2.45) is 5.92 Å². The minimum absolute atomic E-state index is 0.558. The van der Waals surface area contributed by atoms with Gasteiger partial charge in [-0.2, -0.15) is 0 Å². The Morgan fingerprint density at radius 3 is 2.39 bits per heavy atom. The number of aromatic nitrogens is 3. The summed E-state index contributed by atoms with van der Waals surface area (Å²) >= 11 is 0. The average molecular weight is 319 g/mol. The Labute approximate surface area is 141 Å². The molecule has 2 aliphatic rings. The second kappa shape index (κ2) is 7.78. The van der Waals surface area contributed by atoms with E-state index in [4.69, 9.17) is 0 Å². The number of hydrogen-bond acceptors (Lipinski definition) is 3. The van der Waals surface area contributed by atoms with Gasteiger partial charge in [0, 0.05) is 31.2 Å². The van der Waals surface area contributed by atoms with Crippen LogP contribution in [0.2, 0.25) is 0 Å². The molecule has 1 saturated heterocycles. The molecular formula is C19H34N4. The molecule has 2 fully saturated rings. The van der Waals surface area contributed by atoms with E-state index in [2.05, 4.69) is 46.9 Å². The van der Waals surface area contributed by atoms with Crippen LogP contribution in [0.15, 0.2) is 6.20 Å². The van der Waals surface area contributed by atoms with Crippen LogP contribution >= 0.6 is 0 Å². The van der Waals surface area contributed by atoms with Crippen LogP contribution in [0.25, 0.3) is 0 Å². The Bertz CT molecular complexity index is 467. The molecule has 1 aromatic heterocycles. The molecule has 23 heavy (non-hydrogen) atoms. The van der Waals surface area contributed by atoms with Gasteiger partial charge in [-0.15, -0.1) is 5.10 Å². The lowest BCUT2D eigenvalue weighted by Crippen LogP contribution is -2.41. The van der Waals surface area contributed by atoms with E-state index in [1.807, 2.05) is 0 Å². The van der Waals surface area contributed by atoms with Crippen LogP contribution in [0.5, 0.6) is 0 Å². The lowest BCUT2D eigenvalue weighted by molar-refractivity contribution is 0.125. The summed E-state index contributed by atoms with van der Waals surface area (Å²) < 4.78 is 2.17. The quantitative estimate of drug-likeness (QED) is 0.807. The van der Waals surface area contributed by atoms with Crippen molar-refractivity contribution in [2.75, 3.05) is 13.1 Å². The summed E-state index contributed by atoms with van der Waals surface area (Å²) in [6.07, 6.45) is 12.7. The zero-order valence-electron chi connectivity index (χ0n) is 15.2. The fourth-order valence-electron chi connectivity index (χ4n) is 4.48. The summed E-state index contributed by atoms with van der Waals surface area (Å²) in [5.41, 5.74) is 1.25. The van der Waals surface area contributed by atoms with Gasteiger partial charge in [0.15, 0.2) is 0 Å². The van der Waals surface area contributed by atoms with Crippen molar-refractivity contribution in [2.45, 2.75) is 90.1 Å². The Morgan fingerprint density at radius 1 is 1.04 bits per heavy atom. The molecule has 0 N–H and O–H groups in total.